The van der Waals surface area contributed by atoms with Gasteiger partial charge in [0.1, 0.15) is 0 Å². The molecule has 2 heterocycles. The molecule has 12 heteroatoms. The molecule has 0 aliphatic carbocycles. The van der Waals surface area contributed by atoms with Gasteiger partial charge in [-0.2, -0.15) is 17.5 Å². The van der Waals surface area contributed by atoms with Crippen molar-refractivity contribution >= 4 is 20.0 Å². The Kier molecular flexibility index (Phi) is 6.67. The van der Waals surface area contributed by atoms with Gasteiger partial charge < -0.3 is 5.32 Å². The zero-order valence-corrected chi connectivity index (χ0v) is 19.7. The van der Waals surface area contributed by atoms with Crippen LogP contribution < -0.4 is 5.32 Å². The lowest BCUT2D eigenvalue weighted by molar-refractivity contribution is -0.137. The first kappa shape index (κ1) is 24.6. The summed E-state index contributed by atoms with van der Waals surface area (Å²) in [6, 6.07) is 11.8. The Morgan fingerprint density at radius 2 is 1.47 bits per heavy atom. The first-order valence-electron chi connectivity index (χ1n) is 10.7. The fourth-order valence-corrected chi connectivity index (χ4v) is 6.93. The monoisotopic (exact) mass is 515 g/mol. The summed E-state index contributed by atoms with van der Waals surface area (Å²) in [6.45, 7) is 0.605. The zero-order chi connectivity index (χ0) is 24.6. The normalized spacial score (nSPS) is 18.7. The minimum Gasteiger partial charge on any atom is -0.384 e. The van der Waals surface area contributed by atoms with Crippen LogP contribution in [0.25, 0.3) is 0 Å². The molecule has 0 atom stereocenters. The first-order chi connectivity index (χ1) is 16.0. The third-order valence-corrected chi connectivity index (χ3v) is 9.56. The lowest BCUT2D eigenvalue weighted by Gasteiger charge is -2.32. The van der Waals surface area contributed by atoms with Crippen LogP contribution in [0, 0.1) is 0 Å². The molecule has 0 spiro atoms. The van der Waals surface area contributed by atoms with E-state index >= 15 is 0 Å². The molecule has 2 aromatic rings. The third-order valence-electron chi connectivity index (χ3n) is 5.89. The maximum atomic E-state index is 13.0. The number of piperidine rings is 1. The van der Waals surface area contributed by atoms with E-state index in [4.69, 9.17) is 0 Å². The number of rotatable bonds is 6. The van der Waals surface area contributed by atoms with E-state index in [9.17, 15) is 30.0 Å². The maximum Gasteiger partial charge on any atom is 0.416 e. The van der Waals surface area contributed by atoms with E-state index in [-0.39, 0.29) is 28.9 Å². The number of hydrogen-bond donors (Lipinski definition) is 1. The van der Waals surface area contributed by atoms with Gasteiger partial charge in [-0.05, 0) is 43.2 Å². The molecule has 0 bridgehead atoms. The van der Waals surface area contributed by atoms with Crippen LogP contribution in [-0.2, 0) is 26.2 Å². The van der Waals surface area contributed by atoms with Crippen molar-refractivity contribution in [1.29, 1.82) is 0 Å². The predicted molar refractivity (Wildman–Crippen MR) is 119 cm³/mol. The average Bonchev–Trinajstić information content (AvgIpc) is 3.29. The van der Waals surface area contributed by atoms with Gasteiger partial charge in [-0.15, -0.1) is 0 Å². The van der Waals surface area contributed by atoms with Crippen molar-refractivity contribution in [1.82, 2.24) is 13.9 Å². The molecule has 184 valence electrons. The van der Waals surface area contributed by atoms with Crippen molar-refractivity contribution in [2.75, 3.05) is 19.6 Å². The van der Waals surface area contributed by atoms with Crippen molar-refractivity contribution in [2.45, 2.75) is 41.3 Å². The summed E-state index contributed by atoms with van der Waals surface area (Å²) in [5.41, 5.74) is -0.257. The topological polar surface area (TPSA) is 86.8 Å². The maximum absolute atomic E-state index is 13.0. The van der Waals surface area contributed by atoms with Crippen molar-refractivity contribution in [3.63, 3.8) is 0 Å². The fourth-order valence-electron chi connectivity index (χ4n) is 4.05. The second-order valence-corrected chi connectivity index (χ2v) is 12.0. The van der Waals surface area contributed by atoms with Gasteiger partial charge in [0.25, 0.3) is 10.0 Å². The van der Waals surface area contributed by atoms with Crippen LogP contribution in [0.4, 0.5) is 13.2 Å². The van der Waals surface area contributed by atoms with Crippen LogP contribution >= 0.6 is 0 Å². The van der Waals surface area contributed by atoms with Crippen LogP contribution in [0.2, 0.25) is 0 Å². The molecular formula is C22H24F3N3O4S2. The summed E-state index contributed by atoms with van der Waals surface area (Å²) in [4.78, 5) is -0.172. The molecule has 2 aromatic carbocycles. The van der Waals surface area contributed by atoms with Crippen LogP contribution in [0.15, 0.2) is 76.3 Å². The minimum absolute atomic E-state index is 0.0708. The van der Waals surface area contributed by atoms with Crippen molar-refractivity contribution < 1.29 is 30.0 Å². The zero-order valence-electron chi connectivity index (χ0n) is 18.1. The van der Waals surface area contributed by atoms with Crippen molar-refractivity contribution in [3.8, 4) is 0 Å². The highest BCUT2D eigenvalue weighted by atomic mass is 32.2. The SMILES string of the molecule is O=S(=O)(c1ccccc1)N1C=C(NC2CCN(S(=O)(=O)c3cccc(C(F)(F)F)c3)CC2)CC1. The highest BCUT2D eigenvalue weighted by Crippen LogP contribution is 2.32. The summed E-state index contributed by atoms with van der Waals surface area (Å²) in [5.74, 6) is 0. The smallest absolute Gasteiger partial charge is 0.384 e. The number of halogens is 3. The lowest BCUT2D eigenvalue weighted by atomic mass is 10.1. The minimum atomic E-state index is -4.63. The van der Waals surface area contributed by atoms with E-state index in [1.807, 2.05) is 0 Å². The van der Waals surface area contributed by atoms with E-state index in [1.165, 1.54) is 26.8 Å². The quantitative estimate of drug-likeness (QED) is 0.638. The Hall–Kier alpha value is -2.57. The lowest BCUT2D eigenvalue weighted by Crippen LogP contribution is -2.44. The molecule has 2 aliphatic heterocycles. The van der Waals surface area contributed by atoms with Gasteiger partial charge >= 0.3 is 6.18 Å². The molecule has 0 radical (unpaired) electrons. The molecule has 1 saturated heterocycles. The van der Waals surface area contributed by atoms with E-state index in [0.717, 1.165) is 17.8 Å². The first-order valence-corrected chi connectivity index (χ1v) is 13.6. The second-order valence-electron chi connectivity index (χ2n) is 8.18. The molecule has 1 fully saturated rings. The molecule has 0 amide bonds. The number of nitrogens with one attached hydrogen (secondary N) is 1. The Bertz CT molecular complexity index is 1270. The highest BCUT2D eigenvalue weighted by molar-refractivity contribution is 7.89. The van der Waals surface area contributed by atoms with Crippen LogP contribution in [0.5, 0.6) is 0 Å². The average molecular weight is 516 g/mol. The van der Waals surface area contributed by atoms with Gasteiger partial charge in [0.05, 0.1) is 15.4 Å². The van der Waals surface area contributed by atoms with Gasteiger partial charge in [-0.1, -0.05) is 24.3 Å². The number of sulfonamides is 2. The molecule has 0 unspecified atom stereocenters. The molecular weight excluding hydrogens is 491 g/mol. The molecule has 1 N–H and O–H groups in total. The number of nitrogens with zero attached hydrogens (tertiary/aromatic N) is 2. The Balaban J connectivity index is 1.38. The molecule has 0 saturated carbocycles. The summed E-state index contributed by atoms with van der Waals surface area (Å²) in [5, 5.41) is 3.30. The highest BCUT2D eigenvalue weighted by Gasteiger charge is 2.34. The van der Waals surface area contributed by atoms with E-state index < -0.39 is 31.8 Å². The number of alkyl halides is 3. The molecule has 4 rings (SSSR count). The van der Waals surface area contributed by atoms with Gasteiger partial charge in [0.2, 0.25) is 10.0 Å². The number of benzene rings is 2. The summed E-state index contributed by atoms with van der Waals surface area (Å²) in [7, 11) is -7.69. The van der Waals surface area contributed by atoms with Crippen LogP contribution in [0.1, 0.15) is 24.8 Å². The van der Waals surface area contributed by atoms with Gasteiger partial charge in [-0.25, -0.2) is 16.8 Å². The second kappa shape index (κ2) is 9.23. The van der Waals surface area contributed by atoms with Crippen molar-refractivity contribution in [3.05, 3.63) is 72.1 Å². The number of hydrogen-bond acceptors (Lipinski definition) is 5. The Labute approximate surface area is 197 Å². The van der Waals surface area contributed by atoms with Crippen molar-refractivity contribution in [2.24, 2.45) is 0 Å². The standard InChI is InChI=1S/C22H24F3N3O4S2/c23-22(24,25)17-5-4-8-21(15-17)34(31,32)27-12-9-18(10-13-27)26-19-11-14-28(16-19)33(29,30)20-6-2-1-3-7-20/h1-8,15-16,18,26H,9-14H2. The molecule has 7 nitrogen and oxygen atoms in total. The van der Waals surface area contributed by atoms with E-state index in [1.54, 1.807) is 24.4 Å². The Morgan fingerprint density at radius 3 is 2.12 bits per heavy atom. The van der Waals surface area contributed by atoms with Gasteiger partial charge in [0.15, 0.2) is 0 Å². The molecule has 34 heavy (non-hydrogen) atoms. The summed E-state index contributed by atoms with van der Waals surface area (Å²) >= 11 is 0. The van der Waals surface area contributed by atoms with E-state index in [2.05, 4.69) is 5.32 Å². The van der Waals surface area contributed by atoms with Gasteiger partial charge in [-0.3, -0.25) is 4.31 Å². The van der Waals surface area contributed by atoms with Gasteiger partial charge in [0, 0.05) is 44.0 Å². The van der Waals surface area contributed by atoms with Crippen LogP contribution in [-0.4, -0.2) is 51.1 Å². The molecule has 2 aliphatic rings. The molecule has 0 aromatic heterocycles. The predicted octanol–water partition coefficient (Wildman–Crippen LogP) is 3.38. The summed E-state index contributed by atoms with van der Waals surface area (Å²) < 4.78 is 92.6. The fraction of sp³-hybridized carbons (Fsp3) is 0.364. The Morgan fingerprint density at radius 1 is 0.824 bits per heavy atom. The summed E-state index contributed by atoms with van der Waals surface area (Å²) in [6.07, 6.45) is -1.66. The van der Waals surface area contributed by atoms with Crippen LogP contribution in [0.3, 0.4) is 0 Å². The largest absolute Gasteiger partial charge is 0.416 e. The van der Waals surface area contributed by atoms with E-state index in [0.29, 0.717) is 31.9 Å². The third kappa shape index (κ3) is 5.08.